The third kappa shape index (κ3) is 3.37. The van der Waals surface area contributed by atoms with Gasteiger partial charge in [-0.3, -0.25) is 4.79 Å². The summed E-state index contributed by atoms with van der Waals surface area (Å²) in [5.74, 6) is 5.68. The van der Waals surface area contributed by atoms with Gasteiger partial charge in [-0.2, -0.15) is 0 Å². The fourth-order valence-corrected chi connectivity index (χ4v) is 1.30. The Hall–Kier alpha value is -0.530. The van der Waals surface area contributed by atoms with Crippen LogP contribution in [-0.4, -0.2) is 10.3 Å². The van der Waals surface area contributed by atoms with Gasteiger partial charge in [-0.1, -0.05) is 27.8 Å². The Morgan fingerprint density at radius 1 is 1.54 bits per heavy atom. The number of rotatable bonds is 1. The first-order valence-electron chi connectivity index (χ1n) is 3.67. The molecule has 2 nitrogen and oxygen atoms in total. The molecule has 13 heavy (non-hydrogen) atoms. The first kappa shape index (κ1) is 10.6. The van der Waals surface area contributed by atoms with Crippen LogP contribution in [0.25, 0.3) is 0 Å². The molecule has 0 saturated heterocycles. The van der Waals surface area contributed by atoms with E-state index in [9.17, 15) is 4.79 Å². The van der Waals surface area contributed by atoms with E-state index in [1.807, 2.05) is 0 Å². The number of aromatic amines is 1. The van der Waals surface area contributed by atoms with E-state index in [0.717, 1.165) is 16.2 Å². The molecule has 0 aliphatic rings. The van der Waals surface area contributed by atoms with Crippen molar-refractivity contribution in [3.8, 4) is 11.8 Å². The number of halogens is 2. The molecule has 0 amide bonds. The van der Waals surface area contributed by atoms with Gasteiger partial charge in [0.25, 0.3) is 5.56 Å². The third-order valence-electron chi connectivity index (χ3n) is 1.31. The van der Waals surface area contributed by atoms with Crippen LogP contribution in [0.3, 0.4) is 0 Å². The van der Waals surface area contributed by atoms with Crippen molar-refractivity contribution >= 4 is 31.9 Å². The Morgan fingerprint density at radius 2 is 2.31 bits per heavy atom. The highest BCUT2D eigenvalue weighted by molar-refractivity contribution is 9.10. The van der Waals surface area contributed by atoms with E-state index in [0.29, 0.717) is 5.56 Å². The van der Waals surface area contributed by atoms with E-state index in [-0.39, 0.29) is 5.56 Å². The highest BCUT2D eigenvalue weighted by Gasteiger charge is 1.94. The number of H-pyrrole nitrogens is 1. The maximum absolute atomic E-state index is 11.2. The average molecular weight is 305 g/mol. The molecule has 4 heteroatoms. The van der Waals surface area contributed by atoms with E-state index in [1.165, 1.54) is 0 Å². The van der Waals surface area contributed by atoms with Crippen LogP contribution < -0.4 is 5.56 Å². The summed E-state index contributed by atoms with van der Waals surface area (Å²) in [6.07, 6.45) is 2.34. The second-order valence-corrected chi connectivity index (χ2v) is 4.01. The highest BCUT2D eigenvalue weighted by atomic mass is 79.9. The zero-order chi connectivity index (χ0) is 9.68. The SMILES string of the molecule is O=c1[nH]cc(Br)cc1C#CCCBr. The molecule has 1 heterocycles. The van der Waals surface area contributed by atoms with Crippen molar-refractivity contribution in [2.45, 2.75) is 6.42 Å². The number of aromatic nitrogens is 1. The Kier molecular flexibility index (Phi) is 4.26. The van der Waals surface area contributed by atoms with Gasteiger partial charge in [-0.15, -0.1) is 0 Å². The first-order valence-corrected chi connectivity index (χ1v) is 5.58. The molecule has 0 aromatic carbocycles. The second-order valence-electron chi connectivity index (χ2n) is 2.30. The van der Waals surface area contributed by atoms with Crippen molar-refractivity contribution in [2.75, 3.05) is 5.33 Å². The van der Waals surface area contributed by atoms with Crippen LogP contribution in [0.5, 0.6) is 0 Å². The molecule has 1 rings (SSSR count). The van der Waals surface area contributed by atoms with Gasteiger partial charge < -0.3 is 4.98 Å². The highest BCUT2D eigenvalue weighted by Crippen LogP contribution is 2.05. The molecule has 0 spiro atoms. The Morgan fingerprint density at radius 3 is 3.00 bits per heavy atom. The van der Waals surface area contributed by atoms with Crippen LogP contribution in [0.15, 0.2) is 21.5 Å². The van der Waals surface area contributed by atoms with Crippen LogP contribution in [0.2, 0.25) is 0 Å². The lowest BCUT2D eigenvalue weighted by molar-refractivity contribution is 1.21. The predicted octanol–water partition coefficient (Wildman–Crippen LogP) is 2.27. The lowest BCUT2D eigenvalue weighted by Gasteiger charge is -1.90. The van der Waals surface area contributed by atoms with Crippen molar-refractivity contribution in [3.05, 3.63) is 32.7 Å². The molecule has 1 aromatic rings. The Bertz CT molecular complexity index is 400. The molecule has 0 radical (unpaired) electrons. The molecular weight excluding hydrogens is 298 g/mol. The first-order chi connectivity index (χ1) is 6.24. The molecule has 0 unspecified atom stereocenters. The molecular formula is C9H7Br2NO. The zero-order valence-electron chi connectivity index (χ0n) is 6.73. The van der Waals surface area contributed by atoms with E-state index in [2.05, 4.69) is 48.7 Å². The number of hydrogen-bond donors (Lipinski definition) is 1. The minimum atomic E-state index is -0.148. The summed E-state index contributed by atoms with van der Waals surface area (Å²) in [6, 6.07) is 1.71. The monoisotopic (exact) mass is 303 g/mol. The molecule has 1 aromatic heterocycles. The van der Waals surface area contributed by atoms with E-state index in [4.69, 9.17) is 0 Å². The smallest absolute Gasteiger partial charge is 0.263 e. The van der Waals surface area contributed by atoms with Gasteiger partial charge in [-0.05, 0) is 22.0 Å². The molecule has 68 valence electrons. The van der Waals surface area contributed by atoms with Crippen molar-refractivity contribution in [2.24, 2.45) is 0 Å². The summed E-state index contributed by atoms with van der Waals surface area (Å²) < 4.78 is 0.829. The topological polar surface area (TPSA) is 32.9 Å². The lowest BCUT2D eigenvalue weighted by atomic mass is 10.3. The van der Waals surface area contributed by atoms with E-state index >= 15 is 0 Å². The Labute approximate surface area is 93.0 Å². The summed E-state index contributed by atoms with van der Waals surface area (Å²) in [6.45, 7) is 0. The molecule has 0 bridgehead atoms. The van der Waals surface area contributed by atoms with Gasteiger partial charge in [0.2, 0.25) is 0 Å². The Balaban J connectivity index is 2.96. The molecule has 1 N–H and O–H groups in total. The summed E-state index contributed by atoms with van der Waals surface area (Å²) in [4.78, 5) is 13.8. The van der Waals surface area contributed by atoms with Crippen LogP contribution in [0.1, 0.15) is 12.0 Å². The van der Waals surface area contributed by atoms with Gasteiger partial charge >= 0.3 is 0 Å². The van der Waals surface area contributed by atoms with Gasteiger partial charge in [0, 0.05) is 22.4 Å². The van der Waals surface area contributed by atoms with E-state index < -0.39 is 0 Å². The largest absolute Gasteiger partial charge is 0.327 e. The predicted molar refractivity (Wildman–Crippen MR) is 60.1 cm³/mol. The molecule has 0 fully saturated rings. The number of hydrogen-bond acceptors (Lipinski definition) is 1. The number of nitrogens with one attached hydrogen (secondary N) is 1. The van der Waals surface area contributed by atoms with Crippen LogP contribution in [0, 0.1) is 11.8 Å². The normalized spacial score (nSPS) is 9.08. The summed E-state index contributed by atoms with van der Waals surface area (Å²) in [5.41, 5.74) is 0.348. The maximum Gasteiger partial charge on any atom is 0.263 e. The molecule has 0 saturated carbocycles. The minimum Gasteiger partial charge on any atom is -0.327 e. The van der Waals surface area contributed by atoms with Crippen molar-refractivity contribution in [1.82, 2.24) is 4.98 Å². The quantitative estimate of drug-likeness (QED) is 0.626. The molecule has 0 aliphatic carbocycles. The summed E-state index contributed by atoms with van der Waals surface area (Å²) in [7, 11) is 0. The van der Waals surface area contributed by atoms with Crippen LogP contribution in [-0.2, 0) is 0 Å². The lowest BCUT2D eigenvalue weighted by Crippen LogP contribution is -2.08. The molecule has 0 aliphatic heterocycles. The zero-order valence-corrected chi connectivity index (χ0v) is 9.91. The fourth-order valence-electron chi connectivity index (χ4n) is 0.755. The number of alkyl halides is 1. The average Bonchev–Trinajstić information content (AvgIpc) is 2.11. The minimum absolute atomic E-state index is 0.148. The van der Waals surface area contributed by atoms with Gasteiger partial charge in [0.1, 0.15) is 0 Å². The van der Waals surface area contributed by atoms with Crippen molar-refractivity contribution < 1.29 is 0 Å². The fraction of sp³-hybridized carbons (Fsp3) is 0.222. The van der Waals surface area contributed by atoms with Gasteiger partial charge in [0.05, 0.1) is 5.56 Å². The maximum atomic E-state index is 11.2. The molecule has 0 atom stereocenters. The van der Waals surface area contributed by atoms with Crippen molar-refractivity contribution in [1.29, 1.82) is 0 Å². The third-order valence-corrected chi connectivity index (χ3v) is 2.16. The van der Waals surface area contributed by atoms with Gasteiger partial charge in [-0.25, -0.2) is 0 Å². The van der Waals surface area contributed by atoms with Gasteiger partial charge in [0.15, 0.2) is 0 Å². The van der Waals surface area contributed by atoms with Crippen molar-refractivity contribution in [3.63, 3.8) is 0 Å². The second kappa shape index (κ2) is 5.25. The van der Waals surface area contributed by atoms with Crippen LogP contribution >= 0.6 is 31.9 Å². The summed E-state index contributed by atoms with van der Waals surface area (Å²) in [5, 5.41) is 0.825. The standard InChI is InChI=1S/C9H7Br2NO/c10-4-2-1-3-7-5-8(11)6-12-9(7)13/h5-6H,2,4H2,(H,12,13). The van der Waals surface area contributed by atoms with Crippen LogP contribution in [0.4, 0.5) is 0 Å². The number of pyridine rings is 1. The summed E-state index contributed by atoms with van der Waals surface area (Å²) >= 11 is 6.52. The van der Waals surface area contributed by atoms with E-state index in [1.54, 1.807) is 12.3 Å².